The molecule has 0 spiro atoms. The average molecular weight is 213 g/mol. The molecule has 0 fully saturated rings. The van der Waals surface area contributed by atoms with Crippen LogP contribution >= 0.6 is 11.3 Å². The number of thiophene rings is 1. The van der Waals surface area contributed by atoms with Gasteiger partial charge in [-0.2, -0.15) is 0 Å². The van der Waals surface area contributed by atoms with Crippen molar-refractivity contribution < 1.29 is 14.3 Å². The average Bonchev–Trinajstić information content (AvgIpc) is 2.66. The molecule has 1 aromatic heterocycles. The van der Waals surface area contributed by atoms with E-state index in [-0.39, 0.29) is 24.7 Å². The van der Waals surface area contributed by atoms with Crippen molar-refractivity contribution in [1.29, 1.82) is 0 Å². The maximum atomic E-state index is 11.2. The lowest BCUT2D eigenvalue weighted by molar-refractivity contribution is -0.141. The van der Waals surface area contributed by atoms with Gasteiger partial charge in [0, 0.05) is 6.42 Å². The molecule has 0 atom stereocenters. The molecule has 0 radical (unpaired) electrons. The summed E-state index contributed by atoms with van der Waals surface area (Å²) in [6.07, 6.45) is 0.276. The maximum absolute atomic E-state index is 11.2. The Morgan fingerprint density at radius 1 is 1.50 bits per heavy atom. The van der Waals surface area contributed by atoms with Gasteiger partial charge in [-0.05, 0) is 17.5 Å². The molecule has 1 rings (SSSR count). The van der Waals surface area contributed by atoms with E-state index in [1.807, 2.05) is 11.4 Å². The number of esters is 1. The van der Waals surface area contributed by atoms with Gasteiger partial charge in [-0.1, -0.05) is 0 Å². The third-order valence-electron chi connectivity index (χ3n) is 1.57. The fourth-order valence-corrected chi connectivity index (χ4v) is 1.50. The van der Waals surface area contributed by atoms with Crippen molar-refractivity contribution in [2.24, 2.45) is 0 Å². The van der Waals surface area contributed by atoms with Crippen LogP contribution < -0.4 is 5.32 Å². The Morgan fingerprint density at radius 3 is 2.86 bits per heavy atom. The maximum Gasteiger partial charge on any atom is 0.306 e. The number of anilines is 1. The number of hydrogen-bond donors (Lipinski definition) is 1. The number of hydrogen-bond acceptors (Lipinski definition) is 4. The van der Waals surface area contributed by atoms with Crippen LogP contribution in [0.15, 0.2) is 17.5 Å². The van der Waals surface area contributed by atoms with Gasteiger partial charge in [-0.15, -0.1) is 11.3 Å². The standard InChI is InChI=1S/C9H11NO3S/c1-13-9(12)5-4-7(11)10-8-3-2-6-14-8/h2-3,6H,4-5H2,1H3,(H,10,11). The molecule has 0 aliphatic rings. The van der Waals surface area contributed by atoms with E-state index in [0.29, 0.717) is 0 Å². The van der Waals surface area contributed by atoms with Crippen LogP contribution in [0, 0.1) is 0 Å². The number of ether oxygens (including phenoxy) is 1. The largest absolute Gasteiger partial charge is 0.469 e. The molecule has 0 saturated carbocycles. The van der Waals surface area contributed by atoms with Crippen LogP contribution in [-0.4, -0.2) is 19.0 Å². The van der Waals surface area contributed by atoms with Gasteiger partial charge in [0.05, 0.1) is 18.5 Å². The Labute approximate surface area is 85.9 Å². The van der Waals surface area contributed by atoms with Gasteiger partial charge in [-0.3, -0.25) is 9.59 Å². The quantitative estimate of drug-likeness (QED) is 0.773. The zero-order valence-electron chi connectivity index (χ0n) is 7.78. The molecule has 14 heavy (non-hydrogen) atoms. The second-order valence-corrected chi connectivity index (χ2v) is 3.55. The number of carbonyl (C=O) groups excluding carboxylic acids is 2. The summed E-state index contributed by atoms with van der Waals surface area (Å²) in [4.78, 5) is 21.9. The Bertz CT molecular complexity index is 308. The van der Waals surface area contributed by atoms with Crippen molar-refractivity contribution in [3.63, 3.8) is 0 Å². The lowest BCUT2D eigenvalue weighted by atomic mass is 10.3. The van der Waals surface area contributed by atoms with Gasteiger partial charge in [-0.25, -0.2) is 0 Å². The number of nitrogens with one attached hydrogen (secondary N) is 1. The molecule has 0 aromatic carbocycles. The van der Waals surface area contributed by atoms with Crippen molar-refractivity contribution in [1.82, 2.24) is 0 Å². The number of amides is 1. The zero-order chi connectivity index (χ0) is 10.4. The molecule has 0 saturated heterocycles. The minimum atomic E-state index is -0.369. The summed E-state index contributed by atoms with van der Waals surface area (Å²) in [5.41, 5.74) is 0. The summed E-state index contributed by atoms with van der Waals surface area (Å²) in [5.74, 6) is -0.538. The number of methoxy groups -OCH3 is 1. The molecule has 1 heterocycles. The highest BCUT2D eigenvalue weighted by atomic mass is 32.1. The molecule has 1 N–H and O–H groups in total. The van der Waals surface area contributed by atoms with E-state index in [2.05, 4.69) is 10.1 Å². The summed E-state index contributed by atoms with van der Waals surface area (Å²) >= 11 is 1.44. The van der Waals surface area contributed by atoms with Crippen molar-refractivity contribution >= 4 is 28.2 Å². The molecule has 5 heteroatoms. The smallest absolute Gasteiger partial charge is 0.306 e. The molecule has 76 valence electrons. The molecule has 0 unspecified atom stereocenters. The Kier molecular flexibility index (Phi) is 4.12. The summed E-state index contributed by atoms with van der Waals surface area (Å²) in [7, 11) is 1.31. The van der Waals surface area contributed by atoms with Gasteiger partial charge < -0.3 is 10.1 Å². The molecule has 1 amide bonds. The summed E-state index contributed by atoms with van der Waals surface area (Å²) in [5, 5.41) is 5.34. The Hall–Kier alpha value is -1.36. The topological polar surface area (TPSA) is 55.4 Å². The molecule has 0 aliphatic carbocycles. The van der Waals surface area contributed by atoms with Gasteiger partial charge in [0.25, 0.3) is 0 Å². The lowest BCUT2D eigenvalue weighted by Gasteiger charge is -2.00. The third-order valence-corrected chi connectivity index (χ3v) is 2.35. The van der Waals surface area contributed by atoms with Gasteiger partial charge >= 0.3 is 5.97 Å². The van der Waals surface area contributed by atoms with Crippen molar-refractivity contribution in [3.05, 3.63) is 17.5 Å². The predicted molar refractivity (Wildman–Crippen MR) is 54.2 cm³/mol. The first-order chi connectivity index (χ1) is 6.72. The van der Waals surface area contributed by atoms with Crippen LogP contribution in [-0.2, 0) is 14.3 Å². The normalized spacial score (nSPS) is 9.50. The van der Waals surface area contributed by atoms with Gasteiger partial charge in [0.1, 0.15) is 0 Å². The van der Waals surface area contributed by atoms with E-state index in [0.717, 1.165) is 5.00 Å². The summed E-state index contributed by atoms with van der Waals surface area (Å²) in [6, 6.07) is 3.65. The van der Waals surface area contributed by atoms with Crippen LogP contribution in [0.4, 0.5) is 5.00 Å². The monoisotopic (exact) mass is 213 g/mol. The highest BCUT2D eigenvalue weighted by Gasteiger charge is 2.06. The highest BCUT2D eigenvalue weighted by molar-refractivity contribution is 7.14. The Balaban J connectivity index is 2.26. The first-order valence-corrected chi connectivity index (χ1v) is 5.00. The van der Waals surface area contributed by atoms with Gasteiger partial charge in [0.2, 0.25) is 5.91 Å². The first kappa shape index (κ1) is 10.7. The molecule has 4 nitrogen and oxygen atoms in total. The fraction of sp³-hybridized carbons (Fsp3) is 0.333. The SMILES string of the molecule is COC(=O)CCC(=O)Nc1cccs1. The molecule has 0 aliphatic heterocycles. The molecular formula is C9H11NO3S. The number of carbonyl (C=O) groups is 2. The van der Waals surface area contributed by atoms with E-state index >= 15 is 0 Å². The van der Waals surface area contributed by atoms with E-state index in [4.69, 9.17) is 0 Å². The lowest BCUT2D eigenvalue weighted by Crippen LogP contribution is -2.13. The van der Waals surface area contributed by atoms with E-state index < -0.39 is 0 Å². The Morgan fingerprint density at radius 2 is 2.29 bits per heavy atom. The third kappa shape index (κ3) is 3.57. The summed E-state index contributed by atoms with van der Waals surface area (Å²) < 4.78 is 4.42. The fourth-order valence-electron chi connectivity index (χ4n) is 0.867. The minimum absolute atomic E-state index is 0.119. The second-order valence-electron chi connectivity index (χ2n) is 2.60. The van der Waals surface area contributed by atoms with E-state index in [1.54, 1.807) is 6.07 Å². The number of rotatable bonds is 4. The second kappa shape index (κ2) is 5.39. The van der Waals surface area contributed by atoms with Crippen LogP contribution in [0.25, 0.3) is 0 Å². The van der Waals surface area contributed by atoms with E-state index in [9.17, 15) is 9.59 Å². The molecular weight excluding hydrogens is 202 g/mol. The highest BCUT2D eigenvalue weighted by Crippen LogP contribution is 2.15. The molecule has 1 aromatic rings. The van der Waals surface area contributed by atoms with Crippen LogP contribution in [0.5, 0.6) is 0 Å². The van der Waals surface area contributed by atoms with Crippen molar-refractivity contribution in [3.8, 4) is 0 Å². The minimum Gasteiger partial charge on any atom is -0.469 e. The van der Waals surface area contributed by atoms with Crippen LogP contribution in [0.1, 0.15) is 12.8 Å². The van der Waals surface area contributed by atoms with Crippen LogP contribution in [0.3, 0.4) is 0 Å². The van der Waals surface area contributed by atoms with Crippen molar-refractivity contribution in [2.75, 3.05) is 12.4 Å². The predicted octanol–water partition coefficient (Wildman–Crippen LogP) is 1.64. The summed E-state index contributed by atoms with van der Waals surface area (Å²) in [6.45, 7) is 0. The van der Waals surface area contributed by atoms with E-state index in [1.165, 1.54) is 18.4 Å². The van der Waals surface area contributed by atoms with Crippen LogP contribution in [0.2, 0.25) is 0 Å². The van der Waals surface area contributed by atoms with Crippen molar-refractivity contribution in [2.45, 2.75) is 12.8 Å². The zero-order valence-corrected chi connectivity index (χ0v) is 8.60. The first-order valence-electron chi connectivity index (χ1n) is 4.12. The molecule has 0 bridgehead atoms. The van der Waals surface area contributed by atoms with Gasteiger partial charge in [0.15, 0.2) is 0 Å².